The van der Waals surface area contributed by atoms with E-state index >= 15 is 0 Å². The maximum Gasteiger partial charge on any atom is 0.168 e. The van der Waals surface area contributed by atoms with Crippen LogP contribution in [0, 0.1) is 5.82 Å². The first kappa shape index (κ1) is 14.9. The number of aryl methyl sites for hydroxylation is 1. The molecule has 1 unspecified atom stereocenters. The van der Waals surface area contributed by atoms with Gasteiger partial charge in [0, 0.05) is 6.07 Å². The van der Waals surface area contributed by atoms with Crippen molar-refractivity contribution in [2.24, 2.45) is 0 Å². The highest BCUT2D eigenvalue weighted by Gasteiger charge is 2.31. The minimum absolute atomic E-state index is 0.0830. The zero-order valence-corrected chi connectivity index (χ0v) is 12.5. The molecule has 3 rings (SSSR count). The second kappa shape index (κ2) is 5.97. The molecule has 1 aliphatic heterocycles. The Bertz CT molecular complexity index is 657. The van der Waals surface area contributed by atoms with Crippen molar-refractivity contribution in [3.05, 3.63) is 59.4 Å². The van der Waals surface area contributed by atoms with E-state index in [2.05, 4.69) is 0 Å². The van der Waals surface area contributed by atoms with E-state index in [0.717, 1.165) is 17.5 Å². The molecule has 0 aromatic heterocycles. The highest BCUT2D eigenvalue weighted by atomic mass is 19.1. The van der Waals surface area contributed by atoms with Gasteiger partial charge in [-0.2, -0.15) is 0 Å². The van der Waals surface area contributed by atoms with E-state index < -0.39 is 11.4 Å². The molecule has 2 aromatic carbocycles. The van der Waals surface area contributed by atoms with E-state index in [1.165, 1.54) is 6.07 Å². The monoisotopic (exact) mass is 302 g/mol. The SMILES string of the molecule is CC1(CO)CCc2cc(OCc3ccccc3)c(F)cc2O1. The number of halogens is 1. The maximum absolute atomic E-state index is 14.2. The number of aliphatic hydroxyl groups is 1. The average molecular weight is 302 g/mol. The van der Waals surface area contributed by atoms with Crippen molar-refractivity contribution in [3.8, 4) is 11.5 Å². The third kappa shape index (κ3) is 3.07. The van der Waals surface area contributed by atoms with Gasteiger partial charge in [-0.1, -0.05) is 30.3 Å². The Labute approximate surface area is 129 Å². The molecule has 3 nitrogen and oxygen atoms in total. The van der Waals surface area contributed by atoms with Crippen LogP contribution in [0.3, 0.4) is 0 Å². The summed E-state index contributed by atoms with van der Waals surface area (Å²) >= 11 is 0. The lowest BCUT2D eigenvalue weighted by Gasteiger charge is -2.34. The molecule has 1 aliphatic rings. The summed E-state index contributed by atoms with van der Waals surface area (Å²) in [6.07, 6.45) is 1.43. The third-order valence-electron chi connectivity index (χ3n) is 3.97. The Morgan fingerprint density at radius 2 is 2.05 bits per heavy atom. The molecule has 0 bridgehead atoms. The van der Waals surface area contributed by atoms with Crippen LogP contribution in [0.4, 0.5) is 4.39 Å². The van der Waals surface area contributed by atoms with Crippen LogP contribution < -0.4 is 9.47 Å². The summed E-state index contributed by atoms with van der Waals surface area (Å²) in [4.78, 5) is 0. The molecule has 0 spiro atoms. The van der Waals surface area contributed by atoms with E-state index in [-0.39, 0.29) is 12.4 Å². The lowest BCUT2D eigenvalue weighted by Crippen LogP contribution is -2.39. The highest BCUT2D eigenvalue weighted by molar-refractivity contribution is 5.43. The second-order valence-electron chi connectivity index (χ2n) is 5.87. The van der Waals surface area contributed by atoms with Gasteiger partial charge in [0.25, 0.3) is 0 Å². The number of hydrogen-bond acceptors (Lipinski definition) is 3. The summed E-state index contributed by atoms with van der Waals surface area (Å²) in [5.41, 5.74) is 1.27. The average Bonchev–Trinajstić information content (AvgIpc) is 2.54. The van der Waals surface area contributed by atoms with E-state index in [4.69, 9.17) is 9.47 Å². The number of ether oxygens (including phenoxy) is 2. The van der Waals surface area contributed by atoms with Crippen LogP contribution in [-0.4, -0.2) is 17.3 Å². The molecular weight excluding hydrogens is 283 g/mol. The summed E-state index contributed by atoms with van der Waals surface area (Å²) in [6, 6.07) is 12.7. The molecule has 0 saturated heterocycles. The van der Waals surface area contributed by atoms with Crippen LogP contribution in [0.15, 0.2) is 42.5 Å². The van der Waals surface area contributed by atoms with E-state index in [1.54, 1.807) is 6.07 Å². The van der Waals surface area contributed by atoms with Gasteiger partial charge in [0.2, 0.25) is 0 Å². The first-order valence-corrected chi connectivity index (χ1v) is 7.39. The van der Waals surface area contributed by atoms with Gasteiger partial charge in [0.15, 0.2) is 11.6 Å². The van der Waals surface area contributed by atoms with Crippen molar-refractivity contribution in [2.45, 2.75) is 32.0 Å². The van der Waals surface area contributed by atoms with Crippen LogP contribution in [0.5, 0.6) is 11.5 Å². The standard InChI is InChI=1S/C18H19FO3/c1-18(12-20)8-7-14-9-17(15(19)10-16(14)22-18)21-11-13-5-3-2-4-6-13/h2-6,9-10,20H,7-8,11-12H2,1H3. The Morgan fingerprint density at radius 1 is 1.27 bits per heavy atom. The van der Waals surface area contributed by atoms with Crippen LogP contribution in [0.1, 0.15) is 24.5 Å². The van der Waals surface area contributed by atoms with Crippen molar-refractivity contribution in [1.82, 2.24) is 0 Å². The van der Waals surface area contributed by atoms with Crippen LogP contribution in [-0.2, 0) is 13.0 Å². The zero-order valence-electron chi connectivity index (χ0n) is 12.5. The topological polar surface area (TPSA) is 38.7 Å². The zero-order chi connectivity index (χ0) is 15.6. The predicted octanol–water partition coefficient (Wildman–Crippen LogP) is 3.48. The Balaban J connectivity index is 1.77. The molecule has 0 saturated carbocycles. The fourth-order valence-corrected chi connectivity index (χ4v) is 2.54. The Hall–Kier alpha value is -2.07. The molecule has 4 heteroatoms. The normalized spacial score (nSPS) is 20.1. The number of rotatable bonds is 4. The van der Waals surface area contributed by atoms with Gasteiger partial charge in [-0.25, -0.2) is 4.39 Å². The molecule has 22 heavy (non-hydrogen) atoms. The van der Waals surface area contributed by atoms with Crippen molar-refractivity contribution in [1.29, 1.82) is 0 Å². The van der Waals surface area contributed by atoms with Crippen molar-refractivity contribution in [3.63, 3.8) is 0 Å². The Kier molecular flexibility index (Phi) is 4.03. The molecule has 1 atom stereocenters. The molecule has 0 fully saturated rings. The van der Waals surface area contributed by atoms with Crippen molar-refractivity contribution < 1.29 is 19.0 Å². The minimum Gasteiger partial charge on any atom is -0.486 e. The highest BCUT2D eigenvalue weighted by Crippen LogP contribution is 2.37. The first-order valence-electron chi connectivity index (χ1n) is 7.39. The predicted molar refractivity (Wildman–Crippen MR) is 81.6 cm³/mol. The van der Waals surface area contributed by atoms with Crippen LogP contribution >= 0.6 is 0 Å². The first-order chi connectivity index (χ1) is 10.6. The molecule has 116 valence electrons. The lowest BCUT2D eigenvalue weighted by molar-refractivity contribution is 0.00766. The number of benzene rings is 2. The van der Waals surface area contributed by atoms with Gasteiger partial charge in [0.05, 0.1) is 6.61 Å². The quantitative estimate of drug-likeness (QED) is 0.939. The summed E-state index contributed by atoms with van der Waals surface area (Å²) < 4.78 is 25.5. The van der Waals surface area contributed by atoms with E-state index in [9.17, 15) is 9.50 Å². The number of fused-ring (bicyclic) bond motifs is 1. The van der Waals surface area contributed by atoms with Crippen molar-refractivity contribution >= 4 is 0 Å². The number of aliphatic hydroxyl groups excluding tert-OH is 1. The third-order valence-corrected chi connectivity index (χ3v) is 3.97. The Morgan fingerprint density at radius 3 is 2.77 bits per heavy atom. The largest absolute Gasteiger partial charge is 0.486 e. The summed E-state index contributed by atoms with van der Waals surface area (Å²) in [6.45, 7) is 2.07. The maximum atomic E-state index is 14.2. The lowest BCUT2D eigenvalue weighted by atomic mass is 9.93. The van der Waals surface area contributed by atoms with Gasteiger partial charge in [-0.3, -0.25) is 0 Å². The molecule has 0 radical (unpaired) electrons. The van der Waals surface area contributed by atoms with Crippen LogP contribution in [0.2, 0.25) is 0 Å². The van der Waals surface area contributed by atoms with Crippen molar-refractivity contribution in [2.75, 3.05) is 6.61 Å². The molecule has 0 amide bonds. The minimum atomic E-state index is -0.633. The molecule has 2 aromatic rings. The molecular formula is C18H19FO3. The van der Waals surface area contributed by atoms with Gasteiger partial charge in [-0.05, 0) is 37.0 Å². The summed E-state index contributed by atoms with van der Waals surface area (Å²) in [5, 5.41) is 9.37. The summed E-state index contributed by atoms with van der Waals surface area (Å²) in [5.74, 6) is 0.281. The van der Waals surface area contributed by atoms with Gasteiger partial charge in [0.1, 0.15) is 18.0 Å². The molecule has 1 N–H and O–H groups in total. The molecule has 1 heterocycles. The van der Waals surface area contributed by atoms with Gasteiger partial charge >= 0.3 is 0 Å². The van der Waals surface area contributed by atoms with E-state index in [0.29, 0.717) is 18.8 Å². The fraction of sp³-hybridized carbons (Fsp3) is 0.333. The fourth-order valence-electron chi connectivity index (χ4n) is 2.54. The summed E-state index contributed by atoms with van der Waals surface area (Å²) in [7, 11) is 0. The molecule has 0 aliphatic carbocycles. The number of hydrogen-bond donors (Lipinski definition) is 1. The van der Waals surface area contributed by atoms with E-state index in [1.807, 2.05) is 37.3 Å². The van der Waals surface area contributed by atoms with Gasteiger partial charge in [-0.15, -0.1) is 0 Å². The van der Waals surface area contributed by atoms with Gasteiger partial charge < -0.3 is 14.6 Å². The smallest absolute Gasteiger partial charge is 0.168 e. The van der Waals surface area contributed by atoms with Crippen LogP contribution in [0.25, 0.3) is 0 Å². The second-order valence-corrected chi connectivity index (χ2v) is 5.87.